The molecule has 0 aliphatic heterocycles. The molecule has 0 saturated heterocycles. The topological polar surface area (TPSA) is 86.0 Å². The molecule has 2 aromatic heterocycles. The van der Waals surface area contributed by atoms with Crippen molar-refractivity contribution in [3.8, 4) is 5.88 Å². The van der Waals surface area contributed by atoms with Gasteiger partial charge in [0.05, 0.1) is 0 Å². The van der Waals surface area contributed by atoms with Crippen LogP contribution in [0.3, 0.4) is 0 Å². The zero-order valence-corrected chi connectivity index (χ0v) is 12.0. The van der Waals surface area contributed by atoms with Crippen LogP contribution in [0, 0.1) is 0 Å². The lowest BCUT2D eigenvalue weighted by Gasteiger charge is -2.15. The first-order valence-corrected chi connectivity index (χ1v) is 7.09. The highest BCUT2D eigenvalue weighted by Crippen LogP contribution is 2.41. The van der Waals surface area contributed by atoms with Crippen molar-refractivity contribution in [2.45, 2.75) is 31.8 Å². The van der Waals surface area contributed by atoms with Gasteiger partial charge < -0.3 is 15.8 Å². The molecule has 0 bridgehead atoms. The summed E-state index contributed by atoms with van der Waals surface area (Å²) >= 11 is 0. The first kappa shape index (κ1) is 13.6. The molecule has 2 heterocycles. The number of nitrogens with zero attached hydrogens (tertiary/aromatic N) is 3. The van der Waals surface area contributed by atoms with Crippen LogP contribution in [-0.2, 0) is 6.42 Å². The van der Waals surface area contributed by atoms with Crippen LogP contribution in [0.15, 0.2) is 30.9 Å². The molecule has 6 heteroatoms. The summed E-state index contributed by atoms with van der Waals surface area (Å²) in [6.07, 6.45) is 8.03. The summed E-state index contributed by atoms with van der Waals surface area (Å²) in [6.45, 7) is 2.79. The minimum absolute atomic E-state index is 0.102. The van der Waals surface area contributed by atoms with Crippen molar-refractivity contribution in [1.82, 2.24) is 15.0 Å². The zero-order chi connectivity index (χ0) is 14.7. The van der Waals surface area contributed by atoms with E-state index < -0.39 is 0 Å². The summed E-state index contributed by atoms with van der Waals surface area (Å²) in [7, 11) is 0. The molecule has 6 nitrogen and oxygen atoms in total. The third-order valence-electron chi connectivity index (χ3n) is 3.57. The third-order valence-corrected chi connectivity index (χ3v) is 3.57. The molecule has 0 aromatic carbocycles. The van der Waals surface area contributed by atoms with Crippen LogP contribution >= 0.6 is 0 Å². The van der Waals surface area contributed by atoms with E-state index in [2.05, 4.69) is 27.2 Å². The average molecular weight is 285 g/mol. The molecular weight excluding hydrogens is 266 g/mol. The second kappa shape index (κ2) is 5.55. The van der Waals surface area contributed by atoms with Gasteiger partial charge in [-0.05, 0) is 37.8 Å². The maximum absolute atomic E-state index is 6.07. The Kier molecular flexibility index (Phi) is 3.60. The van der Waals surface area contributed by atoms with Crippen LogP contribution in [0.4, 0.5) is 11.5 Å². The zero-order valence-electron chi connectivity index (χ0n) is 12.0. The Bertz CT molecular complexity index is 613. The van der Waals surface area contributed by atoms with Gasteiger partial charge >= 0.3 is 0 Å². The number of ether oxygens (including phenoxy) is 1. The molecule has 3 N–H and O–H groups in total. The number of hydrogen-bond acceptors (Lipinski definition) is 6. The van der Waals surface area contributed by atoms with Crippen molar-refractivity contribution in [3.05, 3.63) is 36.4 Å². The number of hydrogen-bond donors (Lipinski definition) is 2. The van der Waals surface area contributed by atoms with Gasteiger partial charge in [0.15, 0.2) is 5.82 Å². The predicted molar refractivity (Wildman–Crippen MR) is 81.1 cm³/mol. The van der Waals surface area contributed by atoms with Crippen molar-refractivity contribution in [2.75, 3.05) is 17.6 Å². The van der Waals surface area contributed by atoms with Crippen LogP contribution in [0.25, 0.3) is 0 Å². The van der Waals surface area contributed by atoms with Crippen molar-refractivity contribution >= 4 is 11.5 Å². The van der Waals surface area contributed by atoms with Gasteiger partial charge in [-0.1, -0.05) is 6.07 Å². The normalized spacial score (nSPS) is 15.5. The highest BCUT2D eigenvalue weighted by atomic mass is 16.5. The van der Waals surface area contributed by atoms with Gasteiger partial charge in [-0.3, -0.25) is 4.98 Å². The van der Waals surface area contributed by atoms with Crippen molar-refractivity contribution in [1.29, 1.82) is 0 Å². The molecular formula is C15H19N5O. The molecule has 0 atom stereocenters. The van der Waals surface area contributed by atoms with E-state index in [-0.39, 0.29) is 5.60 Å². The quantitative estimate of drug-likeness (QED) is 0.844. The molecule has 21 heavy (non-hydrogen) atoms. The maximum Gasteiger partial charge on any atom is 0.243 e. The molecule has 0 amide bonds. The van der Waals surface area contributed by atoms with E-state index in [9.17, 15) is 0 Å². The molecule has 0 unspecified atom stereocenters. The number of nitrogen functional groups attached to an aromatic ring is 1. The van der Waals surface area contributed by atoms with Gasteiger partial charge in [-0.25, -0.2) is 4.98 Å². The van der Waals surface area contributed by atoms with E-state index in [1.165, 1.54) is 11.9 Å². The lowest BCUT2D eigenvalue weighted by molar-refractivity contribution is 0.193. The Morgan fingerprint density at radius 3 is 2.95 bits per heavy atom. The fraction of sp³-hybridized carbons (Fsp3) is 0.400. The van der Waals surface area contributed by atoms with Crippen molar-refractivity contribution in [2.24, 2.45) is 0 Å². The molecule has 1 aliphatic rings. The van der Waals surface area contributed by atoms with Gasteiger partial charge in [0.25, 0.3) is 0 Å². The second-order valence-electron chi connectivity index (χ2n) is 5.53. The lowest BCUT2D eigenvalue weighted by atomic mass is 10.2. The first-order chi connectivity index (χ1) is 10.2. The smallest absolute Gasteiger partial charge is 0.243 e. The third kappa shape index (κ3) is 3.39. The minimum atomic E-state index is -0.102. The number of pyridine rings is 1. The standard InChI is InChI=1S/C15H19N5O/c1-15(5-6-15)21-14-12(16)13(19-10-20-14)18-8-4-11-3-2-7-17-9-11/h2-3,7,9-10H,4-6,8,16H2,1H3,(H,18,19,20). The summed E-state index contributed by atoms with van der Waals surface area (Å²) < 4.78 is 5.82. The lowest BCUT2D eigenvalue weighted by Crippen LogP contribution is -2.16. The Balaban J connectivity index is 1.61. The molecule has 3 rings (SSSR count). The maximum atomic E-state index is 6.07. The molecule has 1 saturated carbocycles. The largest absolute Gasteiger partial charge is 0.470 e. The molecule has 0 radical (unpaired) electrons. The summed E-state index contributed by atoms with van der Waals surface area (Å²) in [5.74, 6) is 1.09. The van der Waals surface area contributed by atoms with Crippen molar-refractivity contribution in [3.63, 3.8) is 0 Å². The monoisotopic (exact) mass is 285 g/mol. The summed E-state index contributed by atoms with van der Waals surface area (Å²) in [5, 5.41) is 3.22. The summed E-state index contributed by atoms with van der Waals surface area (Å²) in [6, 6.07) is 3.97. The van der Waals surface area contributed by atoms with Crippen LogP contribution in [0.5, 0.6) is 5.88 Å². The first-order valence-electron chi connectivity index (χ1n) is 7.09. The summed E-state index contributed by atoms with van der Waals surface area (Å²) in [4.78, 5) is 12.4. The van der Waals surface area contributed by atoms with Crippen molar-refractivity contribution < 1.29 is 4.74 Å². The van der Waals surface area contributed by atoms with E-state index in [4.69, 9.17) is 10.5 Å². The second-order valence-corrected chi connectivity index (χ2v) is 5.53. The molecule has 0 spiro atoms. The van der Waals surface area contributed by atoms with Gasteiger partial charge in [-0.2, -0.15) is 4.98 Å². The predicted octanol–water partition coefficient (Wildman–Crippen LogP) is 2.04. The molecule has 1 fully saturated rings. The van der Waals surface area contributed by atoms with E-state index in [0.29, 0.717) is 17.4 Å². The van der Waals surface area contributed by atoms with Crippen LogP contribution in [0.1, 0.15) is 25.3 Å². The van der Waals surface area contributed by atoms with Gasteiger partial charge in [-0.15, -0.1) is 0 Å². The number of nitrogens with one attached hydrogen (secondary N) is 1. The van der Waals surface area contributed by atoms with Crippen LogP contribution in [0.2, 0.25) is 0 Å². The fourth-order valence-electron chi connectivity index (χ4n) is 1.98. The number of aromatic nitrogens is 3. The average Bonchev–Trinajstić information content (AvgIpc) is 3.22. The summed E-state index contributed by atoms with van der Waals surface area (Å²) in [5.41, 5.74) is 7.61. The minimum Gasteiger partial charge on any atom is -0.470 e. The van der Waals surface area contributed by atoms with Crippen LogP contribution in [-0.4, -0.2) is 27.1 Å². The van der Waals surface area contributed by atoms with Gasteiger partial charge in [0, 0.05) is 18.9 Å². The Morgan fingerprint density at radius 2 is 2.24 bits per heavy atom. The fourth-order valence-corrected chi connectivity index (χ4v) is 1.98. The Morgan fingerprint density at radius 1 is 1.38 bits per heavy atom. The van der Waals surface area contributed by atoms with E-state index in [0.717, 1.165) is 25.8 Å². The highest BCUT2D eigenvalue weighted by Gasteiger charge is 2.41. The van der Waals surface area contributed by atoms with Gasteiger partial charge in [0.1, 0.15) is 17.6 Å². The number of nitrogens with two attached hydrogens (primary N) is 1. The van der Waals surface area contributed by atoms with Crippen LogP contribution < -0.4 is 15.8 Å². The molecule has 2 aromatic rings. The number of anilines is 2. The van der Waals surface area contributed by atoms with E-state index >= 15 is 0 Å². The highest BCUT2D eigenvalue weighted by molar-refractivity contribution is 5.66. The SMILES string of the molecule is CC1(Oc2ncnc(NCCc3cccnc3)c2N)CC1. The number of rotatable bonds is 6. The van der Waals surface area contributed by atoms with E-state index in [1.54, 1.807) is 6.20 Å². The van der Waals surface area contributed by atoms with Gasteiger partial charge in [0.2, 0.25) is 5.88 Å². The molecule has 110 valence electrons. The Labute approximate surface area is 123 Å². The molecule has 1 aliphatic carbocycles. The Hall–Kier alpha value is -2.37. The van der Waals surface area contributed by atoms with E-state index in [1.807, 2.05) is 18.3 Å².